The van der Waals surface area contributed by atoms with E-state index in [1.165, 1.54) is 15.3 Å². The molecule has 0 radical (unpaired) electrons. The summed E-state index contributed by atoms with van der Waals surface area (Å²) >= 11 is 1.75. The highest BCUT2D eigenvalue weighted by atomic mass is 32.1. The number of benzene rings is 1. The lowest BCUT2D eigenvalue weighted by atomic mass is 10.1. The molecular formula is C14H12OS. The Kier molecular flexibility index (Phi) is 2.18. The van der Waals surface area contributed by atoms with E-state index in [0.717, 1.165) is 19.1 Å². The van der Waals surface area contributed by atoms with Gasteiger partial charge in [0.1, 0.15) is 6.29 Å². The first-order valence-corrected chi connectivity index (χ1v) is 6.28. The highest BCUT2D eigenvalue weighted by molar-refractivity contribution is 7.15. The van der Waals surface area contributed by atoms with Crippen LogP contribution in [0.1, 0.15) is 17.7 Å². The van der Waals surface area contributed by atoms with Crippen molar-refractivity contribution in [3.05, 3.63) is 47.3 Å². The van der Waals surface area contributed by atoms with E-state index in [9.17, 15) is 4.79 Å². The molecule has 3 rings (SSSR count). The molecule has 0 spiro atoms. The summed E-state index contributed by atoms with van der Waals surface area (Å²) in [6.07, 6.45) is 3.16. The maximum Gasteiger partial charge on any atom is 0.131 e. The third kappa shape index (κ3) is 1.50. The highest BCUT2D eigenvalue weighted by Crippen LogP contribution is 2.49. The minimum absolute atomic E-state index is 0.127. The molecule has 80 valence electrons. The average molecular weight is 228 g/mol. The van der Waals surface area contributed by atoms with Crippen LogP contribution in [0.15, 0.2) is 42.5 Å². The molecule has 1 aliphatic carbocycles. The zero-order valence-electron chi connectivity index (χ0n) is 8.85. The molecule has 0 unspecified atom stereocenters. The maximum atomic E-state index is 11.0. The SMILES string of the molecule is O=CC1(c2ccc(-c3ccccc3)s2)CC1. The van der Waals surface area contributed by atoms with Crippen LogP contribution in [0.2, 0.25) is 0 Å². The van der Waals surface area contributed by atoms with Gasteiger partial charge >= 0.3 is 0 Å². The van der Waals surface area contributed by atoms with Crippen LogP contribution in [0.4, 0.5) is 0 Å². The fourth-order valence-electron chi connectivity index (χ4n) is 1.92. The number of carbonyl (C=O) groups is 1. The third-order valence-corrected chi connectivity index (χ3v) is 4.52. The predicted octanol–water partition coefficient (Wildman–Crippen LogP) is 3.65. The Hall–Kier alpha value is -1.41. The number of hydrogen-bond acceptors (Lipinski definition) is 2. The van der Waals surface area contributed by atoms with Crippen LogP contribution in [-0.2, 0) is 10.2 Å². The molecule has 0 atom stereocenters. The second-order valence-corrected chi connectivity index (χ2v) is 5.39. The van der Waals surface area contributed by atoms with Crippen LogP contribution in [0.5, 0.6) is 0 Å². The van der Waals surface area contributed by atoms with Gasteiger partial charge in [-0.3, -0.25) is 0 Å². The summed E-state index contributed by atoms with van der Waals surface area (Å²) in [6, 6.07) is 14.5. The Morgan fingerprint density at radius 1 is 1.06 bits per heavy atom. The van der Waals surface area contributed by atoms with Gasteiger partial charge in [-0.1, -0.05) is 30.3 Å². The lowest BCUT2D eigenvalue weighted by Crippen LogP contribution is -2.04. The van der Waals surface area contributed by atoms with E-state index >= 15 is 0 Å². The molecule has 1 aromatic carbocycles. The second kappa shape index (κ2) is 3.56. The van der Waals surface area contributed by atoms with E-state index in [0.29, 0.717) is 0 Å². The van der Waals surface area contributed by atoms with Gasteiger partial charge in [-0.25, -0.2) is 0 Å². The predicted molar refractivity (Wildman–Crippen MR) is 66.7 cm³/mol. The number of carbonyl (C=O) groups excluding carboxylic acids is 1. The van der Waals surface area contributed by atoms with Crippen molar-refractivity contribution < 1.29 is 4.79 Å². The Morgan fingerprint density at radius 3 is 2.44 bits per heavy atom. The van der Waals surface area contributed by atoms with Gasteiger partial charge in [-0.15, -0.1) is 11.3 Å². The van der Waals surface area contributed by atoms with E-state index in [4.69, 9.17) is 0 Å². The monoisotopic (exact) mass is 228 g/mol. The zero-order valence-corrected chi connectivity index (χ0v) is 9.67. The fourth-order valence-corrected chi connectivity index (χ4v) is 3.14. The van der Waals surface area contributed by atoms with Crippen molar-refractivity contribution in [2.75, 3.05) is 0 Å². The molecule has 2 heteroatoms. The third-order valence-electron chi connectivity index (χ3n) is 3.17. The van der Waals surface area contributed by atoms with Crippen LogP contribution in [0, 0.1) is 0 Å². The highest BCUT2D eigenvalue weighted by Gasteiger charge is 2.45. The minimum atomic E-state index is -0.127. The first-order valence-electron chi connectivity index (χ1n) is 5.46. The molecule has 2 aromatic rings. The molecule has 1 aromatic heterocycles. The van der Waals surface area contributed by atoms with Gasteiger partial charge in [0.25, 0.3) is 0 Å². The summed E-state index contributed by atoms with van der Waals surface area (Å²) in [5, 5.41) is 0. The van der Waals surface area contributed by atoms with Crippen LogP contribution < -0.4 is 0 Å². The van der Waals surface area contributed by atoms with E-state index < -0.39 is 0 Å². The smallest absolute Gasteiger partial charge is 0.131 e. The first-order chi connectivity index (χ1) is 7.84. The quantitative estimate of drug-likeness (QED) is 0.733. The summed E-state index contributed by atoms with van der Waals surface area (Å²) in [5.41, 5.74) is 1.11. The standard InChI is InChI=1S/C14H12OS/c15-10-14(8-9-14)13-7-6-12(16-13)11-4-2-1-3-5-11/h1-7,10H,8-9H2. The van der Waals surface area contributed by atoms with Gasteiger partial charge < -0.3 is 4.79 Å². The summed E-state index contributed by atoms with van der Waals surface area (Å²) in [4.78, 5) is 13.5. The largest absolute Gasteiger partial charge is 0.302 e. The van der Waals surface area contributed by atoms with E-state index in [1.807, 2.05) is 18.2 Å². The van der Waals surface area contributed by atoms with Crippen molar-refractivity contribution in [1.29, 1.82) is 0 Å². The van der Waals surface area contributed by atoms with Gasteiger partial charge in [0.05, 0.1) is 5.41 Å². The minimum Gasteiger partial charge on any atom is -0.302 e. The lowest BCUT2D eigenvalue weighted by Gasteiger charge is -2.01. The zero-order chi connectivity index (χ0) is 11.0. The molecule has 0 N–H and O–H groups in total. The average Bonchev–Trinajstić information content (AvgIpc) is 3.00. The molecule has 0 aliphatic heterocycles. The van der Waals surface area contributed by atoms with Crippen LogP contribution in [-0.4, -0.2) is 6.29 Å². The second-order valence-electron chi connectivity index (χ2n) is 4.30. The molecule has 1 heterocycles. The van der Waals surface area contributed by atoms with Gasteiger partial charge in [-0.05, 0) is 30.5 Å². The van der Waals surface area contributed by atoms with Gasteiger partial charge in [0.2, 0.25) is 0 Å². The fraction of sp³-hybridized carbons (Fsp3) is 0.214. The maximum absolute atomic E-state index is 11.0. The number of aldehydes is 1. The van der Waals surface area contributed by atoms with Crippen molar-refractivity contribution >= 4 is 17.6 Å². The van der Waals surface area contributed by atoms with Gasteiger partial charge in [0, 0.05) is 9.75 Å². The molecule has 16 heavy (non-hydrogen) atoms. The van der Waals surface area contributed by atoms with Gasteiger partial charge in [-0.2, -0.15) is 0 Å². The summed E-state index contributed by atoms with van der Waals surface area (Å²) in [7, 11) is 0. The Morgan fingerprint density at radius 2 is 1.81 bits per heavy atom. The Bertz CT molecular complexity index is 509. The van der Waals surface area contributed by atoms with E-state index in [2.05, 4.69) is 24.3 Å². The summed E-state index contributed by atoms with van der Waals surface area (Å²) in [5.74, 6) is 0. The molecule has 1 saturated carbocycles. The molecule has 0 amide bonds. The van der Waals surface area contributed by atoms with Crippen molar-refractivity contribution in [2.45, 2.75) is 18.3 Å². The van der Waals surface area contributed by atoms with E-state index in [1.54, 1.807) is 11.3 Å². The Balaban J connectivity index is 1.97. The van der Waals surface area contributed by atoms with E-state index in [-0.39, 0.29) is 5.41 Å². The van der Waals surface area contributed by atoms with Crippen molar-refractivity contribution in [1.82, 2.24) is 0 Å². The molecule has 1 nitrogen and oxygen atoms in total. The van der Waals surface area contributed by atoms with Crippen molar-refractivity contribution in [2.24, 2.45) is 0 Å². The molecule has 0 bridgehead atoms. The van der Waals surface area contributed by atoms with Crippen molar-refractivity contribution in [3.63, 3.8) is 0 Å². The molecule has 0 saturated heterocycles. The van der Waals surface area contributed by atoms with Crippen LogP contribution >= 0.6 is 11.3 Å². The van der Waals surface area contributed by atoms with Crippen LogP contribution in [0.3, 0.4) is 0 Å². The van der Waals surface area contributed by atoms with Crippen molar-refractivity contribution in [3.8, 4) is 10.4 Å². The Labute approximate surface area is 98.7 Å². The summed E-state index contributed by atoms with van der Waals surface area (Å²) < 4.78 is 0. The topological polar surface area (TPSA) is 17.1 Å². The lowest BCUT2D eigenvalue weighted by molar-refractivity contribution is -0.109. The first kappa shape index (κ1) is 9.79. The molecule has 1 aliphatic rings. The van der Waals surface area contributed by atoms with Crippen LogP contribution in [0.25, 0.3) is 10.4 Å². The van der Waals surface area contributed by atoms with Gasteiger partial charge in [0.15, 0.2) is 0 Å². The molecule has 1 fully saturated rings. The molecular weight excluding hydrogens is 216 g/mol. The number of rotatable bonds is 3. The number of hydrogen-bond donors (Lipinski definition) is 0. The number of thiophene rings is 1. The normalized spacial score (nSPS) is 17.0. The summed E-state index contributed by atoms with van der Waals surface area (Å²) in [6.45, 7) is 0.